The molecule has 7 heteroatoms. The molecule has 1 aromatic rings. The summed E-state index contributed by atoms with van der Waals surface area (Å²) >= 11 is 0. The van der Waals surface area contributed by atoms with Gasteiger partial charge in [0.15, 0.2) is 17.3 Å². The molecule has 0 unspecified atom stereocenters. The zero-order chi connectivity index (χ0) is 12.5. The third-order valence-electron chi connectivity index (χ3n) is 1.63. The van der Waals surface area contributed by atoms with Crippen molar-refractivity contribution in [1.82, 2.24) is 0 Å². The highest BCUT2D eigenvalue weighted by molar-refractivity contribution is 5.94. The first kappa shape index (κ1) is 12.4. The quantitative estimate of drug-likeness (QED) is 0.586. The lowest BCUT2D eigenvalue weighted by atomic mass is 10.1. The minimum absolute atomic E-state index is 0.180. The molecule has 0 aromatic heterocycles. The van der Waals surface area contributed by atoms with E-state index in [1.807, 2.05) is 0 Å². The molecule has 0 N–H and O–H groups in total. The molecular formula is C9H5F5O2. The SMILES string of the molecule is CC(=O)c1cc(F)c(OC(F)(F)F)cc1F. The van der Waals surface area contributed by atoms with Gasteiger partial charge in [0.25, 0.3) is 0 Å². The molecule has 0 fully saturated rings. The monoisotopic (exact) mass is 240 g/mol. The van der Waals surface area contributed by atoms with Gasteiger partial charge in [-0.1, -0.05) is 0 Å². The van der Waals surface area contributed by atoms with Gasteiger partial charge in [-0.25, -0.2) is 8.78 Å². The lowest BCUT2D eigenvalue weighted by Crippen LogP contribution is -2.18. The first-order valence-electron chi connectivity index (χ1n) is 3.96. The van der Waals surface area contributed by atoms with Crippen LogP contribution < -0.4 is 4.74 Å². The summed E-state index contributed by atoms with van der Waals surface area (Å²) in [6.45, 7) is 0.960. The zero-order valence-electron chi connectivity index (χ0n) is 7.86. The number of hydrogen-bond donors (Lipinski definition) is 0. The van der Waals surface area contributed by atoms with Gasteiger partial charge in [0, 0.05) is 6.07 Å². The molecule has 1 rings (SSSR count). The van der Waals surface area contributed by atoms with E-state index in [1.165, 1.54) is 0 Å². The predicted molar refractivity (Wildman–Crippen MR) is 43.0 cm³/mol. The Morgan fingerprint density at radius 1 is 1.19 bits per heavy atom. The van der Waals surface area contributed by atoms with Crippen LogP contribution in [0, 0.1) is 11.6 Å². The Morgan fingerprint density at radius 2 is 1.75 bits per heavy atom. The number of alkyl halides is 3. The van der Waals surface area contributed by atoms with Crippen LogP contribution in [0.5, 0.6) is 5.75 Å². The van der Waals surface area contributed by atoms with Crippen LogP contribution in [-0.4, -0.2) is 12.1 Å². The van der Waals surface area contributed by atoms with Crippen LogP contribution in [0.3, 0.4) is 0 Å². The van der Waals surface area contributed by atoms with Crippen LogP contribution in [0.4, 0.5) is 22.0 Å². The van der Waals surface area contributed by atoms with E-state index in [4.69, 9.17) is 0 Å². The smallest absolute Gasteiger partial charge is 0.403 e. The van der Waals surface area contributed by atoms with E-state index in [-0.39, 0.29) is 6.07 Å². The van der Waals surface area contributed by atoms with Crippen LogP contribution in [-0.2, 0) is 0 Å². The first-order chi connectivity index (χ1) is 7.20. The maximum absolute atomic E-state index is 13.0. The van der Waals surface area contributed by atoms with Crippen LogP contribution in [0.1, 0.15) is 17.3 Å². The van der Waals surface area contributed by atoms with Crippen LogP contribution in [0.25, 0.3) is 0 Å². The Bertz CT molecular complexity index is 425. The lowest BCUT2D eigenvalue weighted by Gasteiger charge is -2.10. The highest BCUT2D eigenvalue weighted by Gasteiger charge is 2.33. The molecule has 0 spiro atoms. The topological polar surface area (TPSA) is 26.3 Å². The van der Waals surface area contributed by atoms with E-state index in [0.29, 0.717) is 6.07 Å². The van der Waals surface area contributed by atoms with Gasteiger partial charge in [-0.3, -0.25) is 4.79 Å². The molecular weight excluding hydrogens is 235 g/mol. The van der Waals surface area contributed by atoms with Crippen molar-refractivity contribution in [3.8, 4) is 5.75 Å². The molecule has 16 heavy (non-hydrogen) atoms. The van der Waals surface area contributed by atoms with Crippen LogP contribution in [0.2, 0.25) is 0 Å². The summed E-state index contributed by atoms with van der Waals surface area (Å²) in [6.07, 6.45) is -5.12. The van der Waals surface area contributed by atoms with Crippen molar-refractivity contribution in [2.24, 2.45) is 0 Å². The van der Waals surface area contributed by atoms with E-state index < -0.39 is 35.1 Å². The Hall–Kier alpha value is -1.66. The van der Waals surface area contributed by atoms with Gasteiger partial charge in [0.05, 0.1) is 5.56 Å². The molecule has 0 saturated heterocycles. The second-order valence-corrected chi connectivity index (χ2v) is 2.87. The number of ether oxygens (including phenoxy) is 1. The van der Waals surface area contributed by atoms with Crippen LogP contribution in [0.15, 0.2) is 12.1 Å². The molecule has 2 nitrogen and oxygen atoms in total. The van der Waals surface area contributed by atoms with Crippen LogP contribution >= 0.6 is 0 Å². The number of halogens is 5. The standard InChI is InChI=1S/C9H5F5O2/c1-4(15)5-2-7(11)8(3-6(5)10)16-9(12,13)14/h2-3H,1H3. The van der Waals surface area contributed by atoms with Crippen molar-refractivity contribution in [2.75, 3.05) is 0 Å². The molecule has 0 radical (unpaired) electrons. The van der Waals surface area contributed by atoms with Gasteiger partial charge in [-0.05, 0) is 13.0 Å². The molecule has 0 aliphatic carbocycles. The minimum atomic E-state index is -5.12. The number of hydrogen-bond acceptors (Lipinski definition) is 2. The van der Waals surface area contributed by atoms with Gasteiger partial charge in [0.2, 0.25) is 0 Å². The van der Waals surface area contributed by atoms with Gasteiger partial charge < -0.3 is 4.74 Å². The molecule has 0 aliphatic heterocycles. The maximum atomic E-state index is 13.0. The average molecular weight is 240 g/mol. The van der Waals surface area contributed by atoms with E-state index in [2.05, 4.69) is 4.74 Å². The first-order valence-corrected chi connectivity index (χ1v) is 3.96. The molecule has 0 aliphatic rings. The Labute approximate surface area is 86.6 Å². The number of ketones is 1. The number of Topliss-reactive ketones (excluding diaryl/α,β-unsaturated/α-hetero) is 1. The Kier molecular flexibility index (Phi) is 3.16. The number of rotatable bonds is 2. The fraction of sp³-hybridized carbons (Fsp3) is 0.222. The Morgan fingerprint density at radius 3 is 2.19 bits per heavy atom. The van der Waals surface area contributed by atoms with E-state index in [1.54, 1.807) is 0 Å². The molecule has 0 bridgehead atoms. The summed E-state index contributed by atoms with van der Waals surface area (Å²) in [5.74, 6) is -4.83. The summed E-state index contributed by atoms with van der Waals surface area (Å²) in [6, 6.07) is 0.540. The third-order valence-corrected chi connectivity index (χ3v) is 1.63. The molecule has 0 heterocycles. The average Bonchev–Trinajstić information content (AvgIpc) is 2.07. The summed E-state index contributed by atoms with van der Waals surface area (Å²) in [7, 11) is 0. The van der Waals surface area contributed by atoms with Crippen molar-refractivity contribution in [3.63, 3.8) is 0 Å². The maximum Gasteiger partial charge on any atom is 0.573 e. The molecule has 1 aromatic carbocycles. The fourth-order valence-corrected chi connectivity index (χ4v) is 1.00. The summed E-state index contributed by atoms with van der Waals surface area (Å²) in [5, 5.41) is 0. The van der Waals surface area contributed by atoms with Crippen molar-refractivity contribution in [2.45, 2.75) is 13.3 Å². The molecule has 0 saturated carbocycles. The summed E-state index contributed by atoms with van der Waals surface area (Å²) in [4.78, 5) is 10.7. The van der Waals surface area contributed by atoms with Crippen molar-refractivity contribution >= 4 is 5.78 Å². The molecule has 0 atom stereocenters. The Balaban J connectivity index is 3.16. The highest BCUT2D eigenvalue weighted by Crippen LogP contribution is 2.27. The van der Waals surface area contributed by atoms with Gasteiger partial charge in [0.1, 0.15) is 5.82 Å². The van der Waals surface area contributed by atoms with Gasteiger partial charge in [-0.15, -0.1) is 13.2 Å². The summed E-state index contributed by atoms with van der Waals surface area (Å²) < 4.78 is 64.4. The number of carbonyl (C=O) groups excluding carboxylic acids is 1. The largest absolute Gasteiger partial charge is 0.573 e. The normalized spacial score (nSPS) is 11.4. The van der Waals surface area contributed by atoms with Crippen molar-refractivity contribution < 1.29 is 31.5 Å². The minimum Gasteiger partial charge on any atom is -0.403 e. The molecule has 0 amide bonds. The zero-order valence-corrected chi connectivity index (χ0v) is 7.86. The van der Waals surface area contributed by atoms with Gasteiger partial charge in [-0.2, -0.15) is 0 Å². The fourth-order valence-electron chi connectivity index (χ4n) is 1.00. The van der Waals surface area contributed by atoms with Crippen molar-refractivity contribution in [3.05, 3.63) is 29.3 Å². The number of benzene rings is 1. The number of carbonyl (C=O) groups is 1. The highest BCUT2D eigenvalue weighted by atomic mass is 19.4. The second-order valence-electron chi connectivity index (χ2n) is 2.87. The lowest BCUT2D eigenvalue weighted by molar-refractivity contribution is -0.275. The summed E-state index contributed by atoms with van der Waals surface area (Å²) in [5.41, 5.74) is -0.632. The predicted octanol–water partition coefficient (Wildman–Crippen LogP) is 3.07. The van der Waals surface area contributed by atoms with Gasteiger partial charge >= 0.3 is 6.36 Å². The third kappa shape index (κ3) is 2.91. The van der Waals surface area contributed by atoms with Crippen molar-refractivity contribution in [1.29, 1.82) is 0 Å². The second kappa shape index (κ2) is 4.07. The van der Waals surface area contributed by atoms with E-state index in [9.17, 15) is 26.7 Å². The van der Waals surface area contributed by atoms with E-state index in [0.717, 1.165) is 6.92 Å². The van der Waals surface area contributed by atoms with E-state index >= 15 is 0 Å². The molecule has 88 valence electrons.